The first-order valence-electron chi connectivity index (χ1n) is 9.19. The Morgan fingerprint density at radius 3 is 2.48 bits per heavy atom. The number of aryl methyl sites for hydroxylation is 1. The molecule has 0 unspecified atom stereocenters. The standard InChI is InChI=1S/C21H23N3O4S/c1-22-29(26,27)20-9-6-17(7-10-20)8-11-21(25)24(16-19-5-3-13-28-19)15-18-4-2-12-23-14-18/h2-7,9-10,12-14,22H,8,11,15-16H2,1H3. The van der Waals surface area contributed by atoms with Crippen LogP contribution in [-0.2, 0) is 34.3 Å². The summed E-state index contributed by atoms with van der Waals surface area (Å²) in [5, 5.41) is 0. The Hall–Kier alpha value is -2.97. The number of benzene rings is 1. The van der Waals surface area contributed by atoms with Crippen molar-refractivity contribution in [2.75, 3.05) is 7.05 Å². The average Bonchev–Trinajstić information content (AvgIpc) is 3.26. The van der Waals surface area contributed by atoms with Gasteiger partial charge in [-0.25, -0.2) is 13.1 Å². The molecule has 7 nitrogen and oxygen atoms in total. The van der Waals surface area contributed by atoms with E-state index >= 15 is 0 Å². The van der Waals surface area contributed by atoms with Crippen molar-refractivity contribution in [2.45, 2.75) is 30.8 Å². The Bertz CT molecular complexity index is 1020. The van der Waals surface area contributed by atoms with E-state index in [9.17, 15) is 13.2 Å². The van der Waals surface area contributed by atoms with Crippen molar-refractivity contribution in [3.05, 3.63) is 84.1 Å². The molecular formula is C21H23N3O4S. The highest BCUT2D eigenvalue weighted by molar-refractivity contribution is 7.89. The summed E-state index contributed by atoms with van der Waals surface area (Å²) in [6, 6.07) is 13.9. The number of rotatable bonds is 9. The van der Waals surface area contributed by atoms with Gasteiger partial charge in [0.2, 0.25) is 15.9 Å². The van der Waals surface area contributed by atoms with Crippen LogP contribution in [0.2, 0.25) is 0 Å². The predicted molar refractivity (Wildman–Crippen MR) is 108 cm³/mol. The molecule has 29 heavy (non-hydrogen) atoms. The lowest BCUT2D eigenvalue weighted by Crippen LogP contribution is -2.30. The second kappa shape index (κ2) is 9.49. The molecular weight excluding hydrogens is 390 g/mol. The zero-order chi connectivity index (χ0) is 20.7. The number of hydrogen-bond donors (Lipinski definition) is 1. The van der Waals surface area contributed by atoms with Gasteiger partial charge in [0, 0.05) is 25.4 Å². The molecule has 1 amide bonds. The molecule has 0 aliphatic rings. The van der Waals surface area contributed by atoms with E-state index in [0.717, 1.165) is 11.1 Å². The number of nitrogens with zero attached hydrogens (tertiary/aromatic N) is 2. The van der Waals surface area contributed by atoms with Crippen LogP contribution in [0.4, 0.5) is 0 Å². The predicted octanol–water partition coefficient (Wildman–Crippen LogP) is 2.74. The third-order valence-corrected chi connectivity index (χ3v) is 5.94. The normalized spacial score (nSPS) is 11.3. The number of hydrogen-bond acceptors (Lipinski definition) is 5. The Balaban J connectivity index is 1.66. The molecule has 0 spiro atoms. The molecule has 3 rings (SSSR count). The number of aromatic nitrogens is 1. The van der Waals surface area contributed by atoms with E-state index in [-0.39, 0.29) is 10.8 Å². The van der Waals surface area contributed by atoms with Crippen molar-refractivity contribution >= 4 is 15.9 Å². The summed E-state index contributed by atoms with van der Waals surface area (Å²) in [7, 11) is -2.09. The monoisotopic (exact) mass is 413 g/mol. The van der Waals surface area contributed by atoms with Crippen LogP contribution in [0.5, 0.6) is 0 Å². The first-order chi connectivity index (χ1) is 14.0. The molecule has 152 valence electrons. The average molecular weight is 413 g/mol. The van der Waals surface area contributed by atoms with E-state index in [1.54, 1.807) is 53.9 Å². The van der Waals surface area contributed by atoms with Crippen molar-refractivity contribution in [3.63, 3.8) is 0 Å². The molecule has 0 aliphatic carbocycles. The summed E-state index contributed by atoms with van der Waals surface area (Å²) in [5.74, 6) is 0.695. The minimum Gasteiger partial charge on any atom is -0.467 e. The van der Waals surface area contributed by atoms with Gasteiger partial charge in [0.1, 0.15) is 5.76 Å². The number of carbonyl (C=O) groups excluding carboxylic acids is 1. The number of nitrogens with one attached hydrogen (secondary N) is 1. The minimum atomic E-state index is -3.46. The summed E-state index contributed by atoms with van der Waals surface area (Å²) in [5.41, 5.74) is 1.83. The highest BCUT2D eigenvalue weighted by Gasteiger charge is 2.17. The highest BCUT2D eigenvalue weighted by Crippen LogP contribution is 2.15. The molecule has 0 atom stereocenters. The zero-order valence-corrected chi connectivity index (χ0v) is 16.9. The van der Waals surface area contributed by atoms with Crippen molar-refractivity contribution in [3.8, 4) is 0 Å². The summed E-state index contributed by atoms with van der Waals surface area (Å²) >= 11 is 0. The van der Waals surface area contributed by atoms with Gasteiger partial charge in [-0.1, -0.05) is 18.2 Å². The lowest BCUT2D eigenvalue weighted by molar-refractivity contribution is -0.132. The molecule has 8 heteroatoms. The van der Waals surface area contributed by atoms with Crippen molar-refractivity contribution in [1.29, 1.82) is 0 Å². The molecule has 3 aromatic rings. The molecule has 0 fully saturated rings. The summed E-state index contributed by atoms with van der Waals surface area (Å²) < 4.78 is 31.3. The molecule has 0 radical (unpaired) electrons. The van der Waals surface area contributed by atoms with Crippen LogP contribution in [0.3, 0.4) is 0 Å². The number of carbonyl (C=O) groups is 1. The van der Waals surface area contributed by atoms with Gasteiger partial charge in [-0.3, -0.25) is 9.78 Å². The van der Waals surface area contributed by atoms with Crippen LogP contribution in [0, 0.1) is 0 Å². The number of amides is 1. The SMILES string of the molecule is CNS(=O)(=O)c1ccc(CCC(=O)N(Cc2cccnc2)Cc2ccco2)cc1. The number of furan rings is 1. The van der Waals surface area contributed by atoms with Crippen LogP contribution in [0.1, 0.15) is 23.3 Å². The Labute approximate surface area is 170 Å². The Morgan fingerprint density at radius 2 is 1.86 bits per heavy atom. The van der Waals surface area contributed by atoms with Gasteiger partial charge in [-0.05, 0) is 54.9 Å². The fourth-order valence-corrected chi connectivity index (χ4v) is 3.63. The number of sulfonamides is 1. The van der Waals surface area contributed by atoms with E-state index in [1.807, 2.05) is 18.2 Å². The molecule has 1 aromatic carbocycles. The van der Waals surface area contributed by atoms with Crippen LogP contribution < -0.4 is 4.72 Å². The zero-order valence-electron chi connectivity index (χ0n) is 16.1. The lowest BCUT2D eigenvalue weighted by atomic mass is 10.1. The largest absolute Gasteiger partial charge is 0.467 e. The van der Waals surface area contributed by atoms with Gasteiger partial charge in [-0.2, -0.15) is 0 Å². The van der Waals surface area contributed by atoms with E-state index < -0.39 is 10.0 Å². The third-order valence-electron chi connectivity index (χ3n) is 4.51. The molecule has 0 saturated heterocycles. The van der Waals surface area contributed by atoms with Crippen LogP contribution >= 0.6 is 0 Å². The van der Waals surface area contributed by atoms with E-state index in [0.29, 0.717) is 31.7 Å². The second-order valence-electron chi connectivity index (χ2n) is 6.54. The lowest BCUT2D eigenvalue weighted by Gasteiger charge is -2.22. The highest BCUT2D eigenvalue weighted by atomic mass is 32.2. The maximum absolute atomic E-state index is 12.9. The van der Waals surface area contributed by atoms with Crippen molar-refractivity contribution in [1.82, 2.24) is 14.6 Å². The summed E-state index contributed by atoms with van der Waals surface area (Å²) in [6.07, 6.45) is 5.84. The van der Waals surface area contributed by atoms with Crippen LogP contribution in [0.25, 0.3) is 0 Å². The van der Waals surface area contributed by atoms with E-state index in [1.165, 1.54) is 7.05 Å². The minimum absolute atomic E-state index is 0.0165. The maximum atomic E-state index is 12.9. The smallest absolute Gasteiger partial charge is 0.240 e. The molecule has 0 aliphatic heterocycles. The summed E-state index contributed by atoms with van der Waals surface area (Å²) in [6.45, 7) is 0.812. The van der Waals surface area contributed by atoms with Crippen LogP contribution in [-0.4, -0.2) is 31.3 Å². The van der Waals surface area contributed by atoms with Gasteiger partial charge in [0.05, 0.1) is 17.7 Å². The topological polar surface area (TPSA) is 92.5 Å². The van der Waals surface area contributed by atoms with Gasteiger partial charge < -0.3 is 9.32 Å². The van der Waals surface area contributed by atoms with Gasteiger partial charge in [-0.15, -0.1) is 0 Å². The summed E-state index contributed by atoms with van der Waals surface area (Å²) in [4.78, 5) is 18.9. The third kappa shape index (κ3) is 5.75. The molecule has 2 heterocycles. The second-order valence-corrected chi connectivity index (χ2v) is 8.43. The van der Waals surface area contributed by atoms with E-state index in [4.69, 9.17) is 4.42 Å². The molecule has 1 N–H and O–H groups in total. The van der Waals surface area contributed by atoms with Gasteiger partial charge in [0.25, 0.3) is 0 Å². The first-order valence-corrected chi connectivity index (χ1v) is 10.7. The molecule has 2 aromatic heterocycles. The fourth-order valence-electron chi connectivity index (χ4n) is 2.90. The maximum Gasteiger partial charge on any atom is 0.240 e. The molecule has 0 saturated carbocycles. The Kier molecular flexibility index (Phi) is 6.79. The fraction of sp³-hybridized carbons (Fsp3) is 0.238. The van der Waals surface area contributed by atoms with Crippen LogP contribution in [0.15, 0.2) is 76.5 Å². The molecule has 0 bridgehead atoms. The van der Waals surface area contributed by atoms with Crippen molar-refractivity contribution < 1.29 is 17.6 Å². The Morgan fingerprint density at radius 1 is 1.07 bits per heavy atom. The quantitative estimate of drug-likeness (QED) is 0.582. The first kappa shape index (κ1) is 20.8. The number of pyridine rings is 1. The van der Waals surface area contributed by atoms with Crippen molar-refractivity contribution in [2.24, 2.45) is 0 Å². The van der Waals surface area contributed by atoms with Gasteiger partial charge >= 0.3 is 0 Å². The van der Waals surface area contributed by atoms with Gasteiger partial charge in [0.15, 0.2) is 0 Å². The van der Waals surface area contributed by atoms with E-state index in [2.05, 4.69) is 9.71 Å².